The fourth-order valence-corrected chi connectivity index (χ4v) is 5.63. The Morgan fingerprint density at radius 3 is 2.64 bits per heavy atom. The van der Waals surface area contributed by atoms with E-state index in [1.54, 1.807) is 24.3 Å². The molecule has 2 heterocycles. The minimum atomic E-state index is -3.62. The molecule has 2 aliphatic heterocycles. The van der Waals surface area contributed by atoms with Crippen LogP contribution in [-0.4, -0.2) is 54.8 Å². The Hall–Kier alpha value is -1.60. The largest absolute Gasteiger partial charge is 0.483 e. The van der Waals surface area contributed by atoms with Gasteiger partial charge in [-0.15, -0.1) is 0 Å². The van der Waals surface area contributed by atoms with E-state index in [-0.39, 0.29) is 29.3 Å². The SMILES string of the molecule is CC(C)N1C[C@]2(CCN(C(=O)C3CC3)C2)Oc2ccccc2S1(=O)=O. The number of fused-ring (bicyclic) bond motifs is 1. The normalized spacial score (nSPS) is 28.7. The number of hydrogen-bond donors (Lipinski definition) is 0. The molecule has 1 spiro atoms. The predicted octanol–water partition coefficient (Wildman–Crippen LogP) is 1.86. The molecule has 25 heavy (non-hydrogen) atoms. The van der Waals surface area contributed by atoms with Crippen molar-refractivity contribution in [3.05, 3.63) is 24.3 Å². The van der Waals surface area contributed by atoms with Crippen molar-refractivity contribution in [3.63, 3.8) is 0 Å². The lowest BCUT2D eigenvalue weighted by Gasteiger charge is -2.33. The fraction of sp³-hybridized carbons (Fsp3) is 0.611. The van der Waals surface area contributed by atoms with Crippen molar-refractivity contribution in [2.45, 2.75) is 49.6 Å². The zero-order valence-corrected chi connectivity index (χ0v) is 15.5. The predicted molar refractivity (Wildman–Crippen MR) is 92.7 cm³/mol. The van der Waals surface area contributed by atoms with Gasteiger partial charge < -0.3 is 9.64 Å². The number of hydrogen-bond acceptors (Lipinski definition) is 4. The summed E-state index contributed by atoms with van der Waals surface area (Å²) in [6.07, 6.45) is 2.59. The summed E-state index contributed by atoms with van der Waals surface area (Å²) in [5, 5.41) is 0. The van der Waals surface area contributed by atoms with Crippen molar-refractivity contribution in [2.24, 2.45) is 5.92 Å². The van der Waals surface area contributed by atoms with Gasteiger partial charge in [0.05, 0.1) is 13.1 Å². The number of carbonyl (C=O) groups excluding carboxylic acids is 1. The van der Waals surface area contributed by atoms with Gasteiger partial charge >= 0.3 is 0 Å². The van der Waals surface area contributed by atoms with E-state index >= 15 is 0 Å². The second-order valence-electron chi connectivity index (χ2n) is 7.66. The summed E-state index contributed by atoms with van der Waals surface area (Å²) in [5.74, 6) is 0.751. The molecule has 6 nitrogen and oxygen atoms in total. The van der Waals surface area contributed by atoms with Crippen LogP contribution >= 0.6 is 0 Å². The quantitative estimate of drug-likeness (QED) is 0.803. The van der Waals surface area contributed by atoms with Gasteiger partial charge in [-0.05, 0) is 38.8 Å². The Labute approximate surface area is 148 Å². The van der Waals surface area contributed by atoms with Gasteiger partial charge in [-0.2, -0.15) is 4.31 Å². The van der Waals surface area contributed by atoms with Crippen molar-refractivity contribution in [1.29, 1.82) is 0 Å². The third kappa shape index (κ3) is 2.83. The molecule has 1 aromatic rings. The average Bonchev–Trinajstić information content (AvgIpc) is 3.34. The number of para-hydroxylation sites is 1. The number of rotatable bonds is 2. The molecule has 1 saturated carbocycles. The van der Waals surface area contributed by atoms with Crippen LogP contribution in [0.1, 0.15) is 33.1 Å². The first kappa shape index (κ1) is 16.8. The second kappa shape index (κ2) is 5.71. The Kier molecular flexibility index (Phi) is 3.85. The Morgan fingerprint density at radius 2 is 1.96 bits per heavy atom. The topological polar surface area (TPSA) is 66.9 Å². The molecule has 0 bridgehead atoms. The van der Waals surface area contributed by atoms with Gasteiger partial charge in [0.1, 0.15) is 16.2 Å². The molecule has 1 atom stereocenters. The monoisotopic (exact) mass is 364 g/mol. The number of nitrogens with zero attached hydrogens (tertiary/aromatic N) is 2. The molecule has 0 unspecified atom stereocenters. The first-order valence-corrected chi connectivity index (χ1v) is 10.4. The van der Waals surface area contributed by atoms with Crippen molar-refractivity contribution >= 4 is 15.9 Å². The molecule has 1 amide bonds. The van der Waals surface area contributed by atoms with Crippen LogP contribution in [-0.2, 0) is 14.8 Å². The molecule has 136 valence electrons. The highest BCUT2D eigenvalue weighted by Gasteiger charge is 2.50. The van der Waals surface area contributed by atoms with E-state index < -0.39 is 15.6 Å². The van der Waals surface area contributed by atoms with Crippen LogP contribution in [0.3, 0.4) is 0 Å². The molecule has 0 radical (unpaired) electrons. The summed E-state index contributed by atoms with van der Waals surface area (Å²) in [4.78, 5) is 14.5. The van der Waals surface area contributed by atoms with Gasteiger partial charge in [-0.3, -0.25) is 4.79 Å². The maximum absolute atomic E-state index is 13.1. The molecular formula is C18H24N2O4S. The zero-order chi connectivity index (χ0) is 17.8. The van der Waals surface area contributed by atoms with Crippen LogP contribution in [0.15, 0.2) is 29.2 Å². The molecule has 0 aromatic heterocycles. The molecule has 7 heteroatoms. The molecule has 4 rings (SSSR count). The molecule has 0 N–H and O–H groups in total. The molecule has 2 fully saturated rings. The van der Waals surface area contributed by atoms with Gasteiger partial charge in [0.25, 0.3) is 0 Å². The first-order chi connectivity index (χ1) is 11.8. The first-order valence-electron chi connectivity index (χ1n) is 8.91. The highest BCUT2D eigenvalue weighted by Crippen LogP contribution is 2.40. The van der Waals surface area contributed by atoms with E-state index in [9.17, 15) is 13.2 Å². The van der Waals surface area contributed by atoms with Gasteiger partial charge in [-0.1, -0.05) is 12.1 Å². The smallest absolute Gasteiger partial charge is 0.247 e. The third-order valence-electron chi connectivity index (χ3n) is 5.34. The Bertz CT molecular complexity index is 803. The number of ether oxygens (including phenoxy) is 1. The Morgan fingerprint density at radius 1 is 1.24 bits per heavy atom. The van der Waals surface area contributed by atoms with E-state index in [0.29, 0.717) is 25.3 Å². The summed E-state index contributed by atoms with van der Waals surface area (Å²) in [7, 11) is -3.62. The van der Waals surface area contributed by atoms with Gasteiger partial charge in [-0.25, -0.2) is 8.42 Å². The summed E-state index contributed by atoms with van der Waals surface area (Å²) >= 11 is 0. The van der Waals surface area contributed by atoms with Crippen LogP contribution in [0.2, 0.25) is 0 Å². The lowest BCUT2D eigenvalue weighted by atomic mass is 10.0. The third-order valence-corrected chi connectivity index (χ3v) is 7.40. The highest BCUT2D eigenvalue weighted by molar-refractivity contribution is 7.89. The van der Waals surface area contributed by atoms with Crippen molar-refractivity contribution in [3.8, 4) is 5.75 Å². The molecule has 1 saturated heterocycles. The fourth-order valence-electron chi connectivity index (χ4n) is 3.80. The van der Waals surface area contributed by atoms with Gasteiger partial charge in [0, 0.05) is 24.9 Å². The van der Waals surface area contributed by atoms with Gasteiger partial charge in [0.15, 0.2) is 0 Å². The number of amides is 1. The minimum absolute atomic E-state index is 0.165. The molecule has 3 aliphatic rings. The highest BCUT2D eigenvalue weighted by atomic mass is 32.2. The minimum Gasteiger partial charge on any atom is -0.483 e. The molecular weight excluding hydrogens is 340 g/mol. The van der Waals surface area contributed by atoms with E-state index in [1.165, 1.54) is 4.31 Å². The zero-order valence-electron chi connectivity index (χ0n) is 14.6. The van der Waals surface area contributed by atoms with E-state index in [4.69, 9.17) is 4.74 Å². The molecule has 1 aliphatic carbocycles. The molecule has 1 aromatic carbocycles. The average molecular weight is 364 g/mol. The summed E-state index contributed by atoms with van der Waals surface area (Å²) < 4.78 is 34.0. The van der Waals surface area contributed by atoms with E-state index in [0.717, 1.165) is 12.8 Å². The number of sulfonamides is 1. The van der Waals surface area contributed by atoms with Crippen LogP contribution in [0, 0.1) is 5.92 Å². The van der Waals surface area contributed by atoms with Crippen LogP contribution < -0.4 is 4.74 Å². The maximum Gasteiger partial charge on any atom is 0.247 e. The summed E-state index contributed by atoms with van der Waals surface area (Å²) in [5.41, 5.74) is -0.672. The van der Waals surface area contributed by atoms with Crippen LogP contribution in [0.25, 0.3) is 0 Å². The second-order valence-corrected chi connectivity index (χ2v) is 9.52. The Balaban J connectivity index is 1.72. The lowest BCUT2D eigenvalue weighted by Crippen LogP contribution is -2.51. The van der Waals surface area contributed by atoms with E-state index in [1.807, 2.05) is 18.7 Å². The van der Waals surface area contributed by atoms with Crippen molar-refractivity contribution in [2.75, 3.05) is 19.6 Å². The summed E-state index contributed by atoms with van der Waals surface area (Å²) in [6.45, 7) is 5.11. The van der Waals surface area contributed by atoms with Crippen LogP contribution in [0.4, 0.5) is 0 Å². The van der Waals surface area contributed by atoms with Crippen LogP contribution in [0.5, 0.6) is 5.75 Å². The number of likely N-dealkylation sites (tertiary alicyclic amines) is 1. The summed E-state index contributed by atoms with van der Waals surface area (Å²) in [6, 6.07) is 6.64. The van der Waals surface area contributed by atoms with Crippen molar-refractivity contribution < 1.29 is 17.9 Å². The van der Waals surface area contributed by atoms with Gasteiger partial charge in [0.2, 0.25) is 15.9 Å². The standard InChI is InChI=1S/C18H24N2O4S/c1-13(2)20-12-18(9-10-19(11-18)17(21)14-7-8-14)24-15-5-3-4-6-16(15)25(20,22)23/h3-6,13-14H,7-12H2,1-2H3/t18-/m1/s1. The van der Waals surface area contributed by atoms with Crippen molar-refractivity contribution in [1.82, 2.24) is 9.21 Å². The van der Waals surface area contributed by atoms with E-state index in [2.05, 4.69) is 0 Å². The lowest BCUT2D eigenvalue weighted by molar-refractivity contribution is -0.132. The number of benzene rings is 1. The maximum atomic E-state index is 13.1. The number of carbonyl (C=O) groups is 1.